The summed E-state index contributed by atoms with van der Waals surface area (Å²) in [6, 6.07) is 7.04. The van der Waals surface area contributed by atoms with Crippen LogP contribution in [0.4, 0.5) is 5.69 Å². The van der Waals surface area contributed by atoms with E-state index in [0.29, 0.717) is 18.0 Å². The standard InChI is InChI=1S/C16H20N2O5/c1-3-17(9-8-15(20)21)14(19)10-18-12-6-4-5-7-13(12)23-11(2)16(18)22/h4-7,11H,3,8-10H2,1-2H3,(H,20,21). The number of carbonyl (C=O) groups excluding carboxylic acids is 2. The number of likely N-dealkylation sites (N-methyl/N-ethyl adjacent to an activating group) is 1. The zero-order valence-corrected chi connectivity index (χ0v) is 13.2. The van der Waals surface area contributed by atoms with Gasteiger partial charge in [0, 0.05) is 13.1 Å². The second-order valence-corrected chi connectivity index (χ2v) is 5.27. The Balaban J connectivity index is 2.15. The molecule has 0 saturated heterocycles. The molecule has 23 heavy (non-hydrogen) atoms. The van der Waals surface area contributed by atoms with Gasteiger partial charge in [-0.2, -0.15) is 0 Å². The maximum Gasteiger partial charge on any atom is 0.305 e. The van der Waals surface area contributed by atoms with Gasteiger partial charge < -0.3 is 14.7 Å². The Morgan fingerprint density at radius 1 is 1.35 bits per heavy atom. The van der Waals surface area contributed by atoms with Gasteiger partial charge in [0.05, 0.1) is 12.1 Å². The van der Waals surface area contributed by atoms with E-state index in [1.807, 2.05) is 0 Å². The van der Waals surface area contributed by atoms with Crippen molar-refractivity contribution in [2.45, 2.75) is 26.4 Å². The van der Waals surface area contributed by atoms with E-state index in [2.05, 4.69) is 0 Å². The van der Waals surface area contributed by atoms with Gasteiger partial charge in [0.1, 0.15) is 12.3 Å². The fourth-order valence-corrected chi connectivity index (χ4v) is 2.45. The summed E-state index contributed by atoms with van der Waals surface area (Å²) in [5, 5.41) is 8.75. The number of para-hydroxylation sites is 2. The molecule has 1 aromatic carbocycles. The highest BCUT2D eigenvalue weighted by Crippen LogP contribution is 2.33. The van der Waals surface area contributed by atoms with Crippen molar-refractivity contribution in [1.29, 1.82) is 0 Å². The van der Waals surface area contributed by atoms with Crippen molar-refractivity contribution in [1.82, 2.24) is 4.90 Å². The lowest BCUT2D eigenvalue weighted by Gasteiger charge is -2.33. The first-order valence-corrected chi connectivity index (χ1v) is 7.50. The average molecular weight is 320 g/mol. The number of carboxylic acid groups (broad SMARTS) is 1. The number of benzene rings is 1. The first-order chi connectivity index (χ1) is 10.9. The molecule has 1 aliphatic rings. The molecule has 1 unspecified atom stereocenters. The third-order valence-corrected chi connectivity index (χ3v) is 3.70. The molecule has 0 bridgehead atoms. The van der Waals surface area contributed by atoms with E-state index in [9.17, 15) is 14.4 Å². The smallest absolute Gasteiger partial charge is 0.305 e. The van der Waals surface area contributed by atoms with Crippen molar-refractivity contribution in [2.24, 2.45) is 0 Å². The minimum Gasteiger partial charge on any atom is -0.481 e. The molecule has 1 aromatic rings. The molecule has 0 radical (unpaired) electrons. The minimum atomic E-state index is -0.960. The van der Waals surface area contributed by atoms with Crippen LogP contribution in [0.5, 0.6) is 5.75 Å². The number of amides is 2. The average Bonchev–Trinajstić information content (AvgIpc) is 2.52. The zero-order valence-electron chi connectivity index (χ0n) is 13.2. The molecular formula is C16H20N2O5. The maximum atomic E-state index is 12.4. The van der Waals surface area contributed by atoms with Gasteiger partial charge in [0.2, 0.25) is 5.91 Å². The lowest BCUT2D eigenvalue weighted by molar-refractivity contribution is -0.138. The molecule has 0 spiro atoms. The summed E-state index contributed by atoms with van der Waals surface area (Å²) in [4.78, 5) is 38.3. The normalized spacial score (nSPS) is 16.5. The van der Waals surface area contributed by atoms with Crippen LogP contribution in [0.15, 0.2) is 24.3 Å². The predicted molar refractivity (Wildman–Crippen MR) is 83.4 cm³/mol. The minimum absolute atomic E-state index is 0.121. The van der Waals surface area contributed by atoms with Gasteiger partial charge in [0.25, 0.3) is 5.91 Å². The Morgan fingerprint density at radius 2 is 2.04 bits per heavy atom. The largest absolute Gasteiger partial charge is 0.481 e. The molecule has 124 valence electrons. The molecule has 2 amide bonds. The quantitative estimate of drug-likeness (QED) is 0.849. The maximum absolute atomic E-state index is 12.4. The number of hydrogen-bond acceptors (Lipinski definition) is 4. The van der Waals surface area contributed by atoms with Gasteiger partial charge in [-0.25, -0.2) is 0 Å². The number of hydrogen-bond donors (Lipinski definition) is 1. The molecule has 1 aliphatic heterocycles. The van der Waals surface area contributed by atoms with Crippen LogP contribution in [0.2, 0.25) is 0 Å². The number of anilines is 1. The van der Waals surface area contributed by atoms with Gasteiger partial charge >= 0.3 is 5.97 Å². The van der Waals surface area contributed by atoms with Crippen LogP contribution < -0.4 is 9.64 Å². The summed E-state index contributed by atoms with van der Waals surface area (Å²) >= 11 is 0. The van der Waals surface area contributed by atoms with Crippen molar-refractivity contribution in [3.05, 3.63) is 24.3 Å². The van der Waals surface area contributed by atoms with Gasteiger partial charge in [0.15, 0.2) is 6.10 Å². The Hall–Kier alpha value is -2.57. The molecule has 7 heteroatoms. The summed E-state index contributed by atoms with van der Waals surface area (Å²) in [6.07, 6.45) is -0.782. The third-order valence-electron chi connectivity index (χ3n) is 3.70. The number of fused-ring (bicyclic) bond motifs is 1. The molecule has 1 atom stereocenters. The summed E-state index contributed by atoms with van der Waals surface area (Å²) in [6.45, 7) is 3.80. The van der Waals surface area contributed by atoms with Crippen molar-refractivity contribution < 1.29 is 24.2 Å². The highest BCUT2D eigenvalue weighted by atomic mass is 16.5. The SMILES string of the molecule is CCN(CCC(=O)O)C(=O)CN1C(=O)C(C)Oc2ccccc21. The number of carbonyl (C=O) groups is 3. The van der Waals surface area contributed by atoms with E-state index >= 15 is 0 Å². The van der Waals surface area contributed by atoms with E-state index in [1.54, 1.807) is 38.1 Å². The Labute approximate surface area is 134 Å². The molecule has 2 rings (SSSR count). The third kappa shape index (κ3) is 3.80. The zero-order chi connectivity index (χ0) is 17.0. The van der Waals surface area contributed by atoms with E-state index in [1.165, 1.54) is 9.80 Å². The highest BCUT2D eigenvalue weighted by molar-refractivity contribution is 6.03. The molecular weight excluding hydrogens is 300 g/mol. The second-order valence-electron chi connectivity index (χ2n) is 5.27. The molecule has 1 heterocycles. The highest BCUT2D eigenvalue weighted by Gasteiger charge is 2.33. The molecule has 1 N–H and O–H groups in total. The number of aliphatic carboxylic acids is 1. The fourth-order valence-electron chi connectivity index (χ4n) is 2.45. The lowest BCUT2D eigenvalue weighted by atomic mass is 10.2. The van der Waals surface area contributed by atoms with Crippen molar-refractivity contribution in [3.63, 3.8) is 0 Å². The fraction of sp³-hybridized carbons (Fsp3) is 0.438. The monoisotopic (exact) mass is 320 g/mol. The number of ether oxygens (including phenoxy) is 1. The van der Waals surface area contributed by atoms with Crippen molar-refractivity contribution >= 4 is 23.5 Å². The van der Waals surface area contributed by atoms with Crippen molar-refractivity contribution in [3.8, 4) is 5.75 Å². The van der Waals surface area contributed by atoms with Crippen LogP contribution in [0.1, 0.15) is 20.3 Å². The number of carboxylic acids is 1. The lowest BCUT2D eigenvalue weighted by Crippen LogP contribution is -2.49. The Kier molecular flexibility index (Phi) is 5.20. The van der Waals surface area contributed by atoms with Gasteiger partial charge in [-0.3, -0.25) is 19.3 Å². The first kappa shape index (κ1) is 16.8. The first-order valence-electron chi connectivity index (χ1n) is 7.50. The topological polar surface area (TPSA) is 87.2 Å². The number of nitrogens with zero attached hydrogens (tertiary/aromatic N) is 2. The molecule has 0 fully saturated rings. The van der Waals surface area contributed by atoms with Crippen molar-refractivity contribution in [2.75, 3.05) is 24.5 Å². The molecule has 0 aromatic heterocycles. The van der Waals surface area contributed by atoms with Gasteiger partial charge in [-0.1, -0.05) is 12.1 Å². The van der Waals surface area contributed by atoms with Gasteiger partial charge in [-0.15, -0.1) is 0 Å². The second kappa shape index (κ2) is 7.13. The van der Waals surface area contributed by atoms with Crippen LogP contribution >= 0.6 is 0 Å². The van der Waals surface area contributed by atoms with E-state index in [-0.39, 0.29) is 31.3 Å². The summed E-state index contributed by atoms with van der Waals surface area (Å²) < 4.78 is 5.53. The van der Waals surface area contributed by atoms with Crippen LogP contribution in [-0.2, 0) is 14.4 Å². The Morgan fingerprint density at radius 3 is 2.70 bits per heavy atom. The van der Waals surface area contributed by atoms with E-state index in [0.717, 1.165) is 0 Å². The van der Waals surface area contributed by atoms with Crippen LogP contribution in [0, 0.1) is 0 Å². The molecule has 0 saturated carbocycles. The van der Waals surface area contributed by atoms with Crippen LogP contribution in [0.3, 0.4) is 0 Å². The Bertz CT molecular complexity index is 616. The summed E-state index contributed by atoms with van der Waals surface area (Å²) in [5.74, 6) is -0.976. The van der Waals surface area contributed by atoms with E-state index in [4.69, 9.17) is 9.84 Å². The summed E-state index contributed by atoms with van der Waals surface area (Å²) in [5.41, 5.74) is 0.554. The molecule has 7 nitrogen and oxygen atoms in total. The van der Waals surface area contributed by atoms with E-state index < -0.39 is 12.1 Å². The van der Waals surface area contributed by atoms with Crippen LogP contribution in [0.25, 0.3) is 0 Å². The summed E-state index contributed by atoms with van der Waals surface area (Å²) in [7, 11) is 0. The molecule has 0 aliphatic carbocycles. The predicted octanol–water partition coefficient (Wildman–Crippen LogP) is 1.12. The van der Waals surface area contributed by atoms with Gasteiger partial charge in [-0.05, 0) is 26.0 Å². The number of rotatable bonds is 6. The van der Waals surface area contributed by atoms with Crippen LogP contribution in [-0.4, -0.2) is 53.5 Å².